The Hall–Kier alpha value is -3.81. The molecule has 1 saturated heterocycles. The molecule has 4 atom stereocenters. The van der Waals surface area contributed by atoms with E-state index in [1.165, 1.54) is 12.8 Å². The maximum atomic E-state index is 13.4. The van der Waals surface area contributed by atoms with Crippen LogP contribution in [-0.2, 0) is 16.6 Å². The standard InChI is InChI=1S/C34H36N2O5/c1-20(32(39)35-25-13-10-23(11-14-25)22-6-4-3-5-7-22)29(38)31-34-16-17-36(19-21-8-9-21)27(33(34,2)40)18-24-12-15-26(37)30(41-31)28(24)34/h3-7,10-15,21,27,31,37-38,40H,8-9,16-19H2,1-2H3,(H,35,39)/b29-20-/t27-,31+,33-,34+/m1/s1. The van der Waals surface area contributed by atoms with Crippen molar-refractivity contribution in [2.45, 2.75) is 62.7 Å². The molecule has 4 aliphatic rings. The Morgan fingerprint density at radius 3 is 2.46 bits per heavy atom. The number of rotatable bonds is 6. The van der Waals surface area contributed by atoms with E-state index in [1.807, 2.05) is 67.6 Å². The number of phenols is 1. The fourth-order valence-electron chi connectivity index (χ4n) is 7.49. The number of carbonyl (C=O) groups is 1. The number of aromatic hydroxyl groups is 1. The maximum absolute atomic E-state index is 13.4. The van der Waals surface area contributed by atoms with E-state index in [1.54, 1.807) is 13.0 Å². The van der Waals surface area contributed by atoms with Crippen molar-refractivity contribution in [2.24, 2.45) is 5.92 Å². The third kappa shape index (κ3) is 3.97. The summed E-state index contributed by atoms with van der Waals surface area (Å²) in [6.45, 7) is 5.11. The van der Waals surface area contributed by atoms with E-state index in [2.05, 4.69) is 10.2 Å². The van der Waals surface area contributed by atoms with Gasteiger partial charge in [0.05, 0.1) is 16.6 Å². The Morgan fingerprint density at radius 1 is 1.05 bits per heavy atom. The van der Waals surface area contributed by atoms with Crippen LogP contribution in [0.1, 0.15) is 44.2 Å². The number of nitrogens with zero attached hydrogens (tertiary/aromatic N) is 1. The normalized spacial score (nSPS) is 28.9. The first-order valence-electron chi connectivity index (χ1n) is 14.6. The van der Waals surface area contributed by atoms with Crippen molar-refractivity contribution in [3.8, 4) is 22.6 Å². The number of piperidine rings is 1. The molecule has 7 nitrogen and oxygen atoms in total. The molecular formula is C34H36N2O5. The molecule has 0 radical (unpaired) electrons. The zero-order valence-electron chi connectivity index (χ0n) is 23.4. The van der Waals surface area contributed by atoms with Gasteiger partial charge in [0, 0.05) is 23.8 Å². The van der Waals surface area contributed by atoms with E-state index in [4.69, 9.17) is 4.74 Å². The van der Waals surface area contributed by atoms with Crippen LogP contribution < -0.4 is 10.1 Å². The third-order valence-corrected chi connectivity index (χ3v) is 9.96. The maximum Gasteiger partial charge on any atom is 0.254 e. The number of benzene rings is 3. The Balaban J connectivity index is 1.21. The molecule has 0 unspecified atom stereocenters. The summed E-state index contributed by atoms with van der Waals surface area (Å²) in [7, 11) is 0. The molecule has 1 spiro atoms. The first-order valence-corrected chi connectivity index (χ1v) is 14.6. The quantitative estimate of drug-likeness (QED) is 0.244. The van der Waals surface area contributed by atoms with Crippen LogP contribution in [0.15, 0.2) is 78.1 Å². The molecule has 0 aromatic heterocycles. The van der Waals surface area contributed by atoms with E-state index < -0.39 is 23.0 Å². The fraction of sp³-hybridized carbons (Fsp3) is 0.382. The van der Waals surface area contributed by atoms with Gasteiger partial charge in [0.25, 0.3) is 5.91 Å². The van der Waals surface area contributed by atoms with Crippen molar-refractivity contribution < 1.29 is 24.9 Å². The molecule has 7 rings (SSSR count). The molecule has 3 aromatic rings. The number of ether oxygens (including phenoxy) is 1. The first kappa shape index (κ1) is 26.1. The van der Waals surface area contributed by atoms with Gasteiger partial charge in [-0.3, -0.25) is 9.69 Å². The number of likely N-dealkylation sites (tertiary alicyclic amines) is 1. The molecule has 3 aromatic carbocycles. The summed E-state index contributed by atoms with van der Waals surface area (Å²) in [6, 6.07) is 20.9. The molecule has 1 amide bonds. The highest BCUT2D eigenvalue weighted by atomic mass is 16.5. The van der Waals surface area contributed by atoms with Gasteiger partial charge in [-0.15, -0.1) is 0 Å². The van der Waals surface area contributed by atoms with Gasteiger partial charge in [0.15, 0.2) is 17.6 Å². The van der Waals surface area contributed by atoms with Gasteiger partial charge >= 0.3 is 0 Å². The Morgan fingerprint density at radius 2 is 1.76 bits per heavy atom. The molecule has 7 heteroatoms. The number of nitrogens with one attached hydrogen (secondary N) is 1. The van der Waals surface area contributed by atoms with E-state index >= 15 is 0 Å². The molecular weight excluding hydrogens is 516 g/mol. The largest absolute Gasteiger partial charge is 0.508 e. The molecule has 4 N–H and O–H groups in total. The van der Waals surface area contributed by atoms with Crippen LogP contribution >= 0.6 is 0 Å². The van der Waals surface area contributed by atoms with E-state index in [0.717, 1.165) is 35.3 Å². The minimum absolute atomic E-state index is 0.0197. The summed E-state index contributed by atoms with van der Waals surface area (Å²) in [4.78, 5) is 15.8. The smallest absolute Gasteiger partial charge is 0.254 e. The van der Waals surface area contributed by atoms with Crippen LogP contribution in [0.5, 0.6) is 11.5 Å². The molecule has 2 aliphatic carbocycles. The highest BCUT2D eigenvalue weighted by molar-refractivity contribution is 6.03. The molecule has 1 saturated carbocycles. The average molecular weight is 553 g/mol. The van der Waals surface area contributed by atoms with Gasteiger partial charge in [0.1, 0.15) is 5.76 Å². The molecule has 41 heavy (non-hydrogen) atoms. The topological polar surface area (TPSA) is 102 Å². The number of hydrogen-bond donors (Lipinski definition) is 4. The summed E-state index contributed by atoms with van der Waals surface area (Å²) in [5.74, 6) is 0.287. The molecule has 2 fully saturated rings. The molecule has 212 valence electrons. The SMILES string of the molecule is C/C(C(=O)Nc1ccc(-c2ccccc2)cc1)=C(/O)[C@@H]1Oc2c(O)ccc3c2[C@@]12CCN(CC1CC1)[C@H](C3)[C@@]2(C)O. The van der Waals surface area contributed by atoms with Crippen LogP contribution in [0.3, 0.4) is 0 Å². The van der Waals surface area contributed by atoms with Gasteiger partial charge in [-0.1, -0.05) is 48.5 Å². The lowest BCUT2D eigenvalue weighted by atomic mass is 9.53. The number of aliphatic hydroxyl groups excluding tert-OH is 1. The lowest BCUT2D eigenvalue weighted by Gasteiger charge is -2.59. The van der Waals surface area contributed by atoms with Crippen LogP contribution in [0, 0.1) is 5.92 Å². The van der Waals surface area contributed by atoms with Crippen molar-refractivity contribution in [3.63, 3.8) is 0 Å². The van der Waals surface area contributed by atoms with Crippen molar-refractivity contribution in [3.05, 3.63) is 89.2 Å². The van der Waals surface area contributed by atoms with Crippen LogP contribution in [0.4, 0.5) is 5.69 Å². The van der Waals surface area contributed by atoms with Crippen molar-refractivity contribution in [1.82, 2.24) is 4.90 Å². The second kappa shape index (κ2) is 9.36. The lowest BCUT2D eigenvalue weighted by Crippen LogP contribution is -2.73. The van der Waals surface area contributed by atoms with Crippen molar-refractivity contribution in [2.75, 3.05) is 18.4 Å². The summed E-state index contributed by atoms with van der Waals surface area (Å²) in [5, 5.41) is 37.7. The summed E-state index contributed by atoms with van der Waals surface area (Å²) < 4.78 is 6.33. The highest BCUT2D eigenvalue weighted by Gasteiger charge is 2.69. The third-order valence-electron chi connectivity index (χ3n) is 9.96. The lowest BCUT2D eigenvalue weighted by molar-refractivity contribution is -0.153. The van der Waals surface area contributed by atoms with Crippen molar-refractivity contribution in [1.29, 1.82) is 0 Å². The zero-order valence-corrected chi connectivity index (χ0v) is 23.4. The predicted molar refractivity (Wildman–Crippen MR) is 157 cm³/mol. The van der Waals surface area contributed by atoms with Gasteiger partial charge in [-0.05, 0) is 86.9 Å². The monoisotopic (exact) mass is 552 g/mol. The van der Waals surface area contributed by atoms with Crippen LogP contribution in [0.25, 0.3) is 11.1 Å². The minimum Gasteiger partial charge on any atom is -0.508 e. The average Bonchev–Trinajstić information content (AvgIpc) is 3.72. The van der Waals surface area contributed by atoms with E-state index in [0.29, 0.717) is 30.2 Å². The van der Waals surface area contributed by atoms with Gasteiger partial charge in [-0.25, -0.2) is 0 Å². The summed E-state index contributed by atoms with van der Waals surface area (Å²) in [5.41, 5.74) is 2.37. The predicted octanol–water partition coefficient (Wildman–Crippen LogP) is 5.32. The van der Waals surface area contributed by atoms with Crippen LogP contribution in [-0.4, -0.2) is 57.0 Å². The van der Waals surface area contributed by atoms with Gasteiger partial charge in [-0.2, -0.15) is 0 Å². The second-order valence-electron chi connectivity index (χ2n) is 12.4. The number of phenolic OH excluding ortho intramolecular Hbond substituents is 1. The second-order valence-corrected chi connectivity index (χ2v) is 12.4. The van der Waals surface area contributed by atoms with E-state index in [-0.39, 0.29) is 23.1 Å². The van der Waals surface area contributed by atoms with Gasteiger partial charge < -0.3 is 25.4 Å². The Kier molecular flexibility index (Phi) is 5.96. The number of fused-ring (bicyclic) bond motifs is 1. The first-order chi connectivity index (χ1) is 19.7. The Bertz CT molecular complexity index is 1540. The van der Waals surface area contributed by atoms with Gasteiger partial charge in [0.2, 0.25) is 0 Å². The van der Waals surface area contributed by atoms with E-state index in [9.17, 15) is 20.1 Å². The number of hydrogen-bond acceptors (Lipinski definition) is 6. The fourth-order valence-corrected chi connectivity index (χ4v) is 7.49. The molecule has 2 bridgehead atoms. The number of aliphatic hydroxyl groups is 2. The minimum atomic E-state index is -1.26. The Labute approximate surface area is 240 Å². The molecule has 2 heterocycles. The summed E-state index contributed by atoms with van der Waals surface area (Å²) in [6.07, 6.45) is 2.63. The summed E-state index contributed by atoms with van der Waals surface area (Å²) >= 11 is 0. The van der Waals surface area contributed by atoms with Crippen LogP contribution in [0.2, 0.25) is 0 Å². The van der Waals surface area contributed by atoms with Crippen molar-refractivity contribution >= 4 is 11.6 Å². The number of carbonyl (C=O) groups excluding carboxylic acids is 1. The number of anilines is 1. The highest BCUT2D eigenvalue weighted by Crippen LogP contribution is 2.63. The zero-order chi connectivity index (χ0) is 28.5. The molecule has 2 aliphatic heterocycles. The number of amides is 1.